The van der Waals surface area contributed by atoms with E-state index < -0.39 is 15.9 Å². The van der Waals surface area contributed by atoms with Gasteiger partial charge in [0.25, 0.3) is 5.91 Å². The molecule has 1 aromatic carbocycles. The van der Waals surface area contributed by atoms with E-state index in [0.717, 1.165) is 25.9 Å². The van der Waals surface area contributed by atoms with E-state index >= 15 is 0 Å². The SMILES string of the molecule is CCS(=O)(=O)c1ccc([C@H](/C=C/CN=O)NC(=O)C2=CCCCN(C)C[C@@H](C)N=C2)cc1. The highest BCUT2D eigenvalue weighted by Crippen LogP contribution is 2.19. The van der Waals surface area contributed by atoms with Gasteiger partial charge >= 0.3 is 0 Å². The van der Waals surface area contributed by atoms with Gasteiger partial charge in [0.2, 0.25) is 0 Å². The number of hydrogen-bond acceptors (Lipinski definition) is 7. The zero-order valence-electron chi connectivity index (χ0n) is 18.9. The molecule has 0 fully saturated rings. The third-order valence-electron chi connectivity index (χ3n) is 5.19. The molecule has 32 heavy (non-hydrogen) atoms. The van der Waals surface area contributed by atoms with Crippen LogP contribution >= 0.6 is 0 Å². The highest BCUT2D eigenvalue weighted by molar-refractivity contribution is 7.91. The first-order valence-corrected chi connectivity index (χ1v) is 12.4. The standard InChI is InChI=1S/C23H32N4O4S/c1-4-32(30,31)21-12-10-19(11-13-21)22(9-7-14-25-29)26-23(28)20-8-5-6-15-27(3)17-18(2)24-16-20/h7-13,16,18,22H,4-6,14-15,17H2,1-3H3,(H,26,28)/b9-7+,20-8?,24-16?/t18-,22+/m1/s1. The van der Waals surface area contributed by atoms with Gasteiger partial charge in [0.05, 0.1) is 34.8 Å². The molecule has 0 aromatic heterocycles. The third kappa shape index (κ3) is 7.80. The summed E-state index contributed by atoms with van der Waals surface area (Å²) < 4.78 is 24.2. The minimum atomic E-state index is -3.32. The number of sulfone groups is 1. The molecule has 1 aliphatic heterocycles. The average molecular weight is 461 g/mol. The van der Waals surface area contributed by atoms with Crippen molar-refractivity contribution in [1.82, 2.24) is 10.2 Å². The topological polar surface area (TPSA) is 108 Å². The van der Waals surface area contributed by atoms with Crippen molar-refractivity contribution in [2.24, 2.45) is 10.2 Å². The van der Waals surface area contributed by atoms with E-state index in [0.29, 0.717) is 11.1 Å². The summed E-state index contributed by atoms with van der Waals surface area (Å²) in [6.45, 7) is 5.33. The Kier molecular flexibility index (Phi) is 9.93. The van der Waals surface area contributed by atoms with Crippen LogP contribution in [0.2, 0.25) is 0 Å². The summed E-state index contributed by atoms with van der Waals surface area (Å²) in [4.78, 5) is 30.5. The summed E-state index contributed by atoms with van der Waals surface area (Å²) in [7, 11) is -1.25. The van der Waals surface area contributed by atoms with Crippen LogP contribution in [0.4, 0.5) is 0 Å². The molecule has 0 spiro atoms. The molecule has 8 nitrogen and oxygen atoms in total. The maximum atomic E-state index is 13.0. The second-order valence-corrected chi connectivity index (χ2v) is 10.1. The van der Waals surface area contributed by atoms with Gasteiger partial charge in [-0.3, -0.25) is 9.79 Å². The number of nitrogens with one attached hydrogen (secondary N) is 1. The molecule has 0 radical (unpaired) electrons. The van der Waals surface area contributed by atoms with E-state index in [2.05, 4.69) is 27.4 Å². The van der Waals surface area contributed by atoms with Crippen LogP contribution in [0.1, 0.15) is 38.3 Å². The van der Waals surface area contributed by atoms with Crippen LogP contribution in [0.5, 0.6) is 0 Å². The molecule has 0 saturated carbocycles. The van der Waals surface area contributed by atoms with E-state index in [1.54, 1.807) is 37.4 Å². The van der Waals surface area contributed by atoms with Crippen molar-refractivity contribution in [3.63, 3.8) is 0 Å². The summed E-state index contributed by atoms with van der Waals surface area (Å²) in [6.07, 6.45) is 8.45. The Morgan fingerprint density at radius 3 is 2.72 bits per heavy atom. The number of benzene rings is 1. The molecule has 0 aliphatic carbocycles. The van der Waals surface area contributed by atoms with Crippen LogP contribution in [0.15, 0.2) is 63.1 Å². The Morgan fingerprint density at radius 2 is 2.06 bits per heavy atom. The number of likely N-dealkylation sites (N-methyl/N-ethyl adjacent to an activating group) is 1. The zero-order chi connectivity index (χ0) is 23.6. The second kappa shape index (κ2) is 12.4. The van der Waals surface area contributed by atoms with Gasteiger partial charge in [0, 0.05) is 12.8 Å². The quantitative estimate of drug-likeness (QED) is 0.474. The maximum absolute atomic E-state index is 13.0. The molecule has 1 aromatic rings. The highest BCUT2D eigenvalue weighted by atomic mass is 32.2. The first-order chi connectivity index (χ1) is 15.3. The number of allylic oxidation sites excluding steroid dienone is 1. The molecular formula is C23H32N4O4S. The summed E-state index contributed by atoms with van der Waals surface area (Å²) in [5, 5.41) is 5.77. The van der Waals surface area contributed by atoms with Crippen molar-refractivity contribution in [3.8, 4) is 0 Å². The summed E-state index contributed by atoms with van der Waals surface area (Å²) >= 11 is 0. The van der Waals surface area contributed by atoms with E-state index in [1.807, 2.05) is 13.0 Å². The lowest BCUT2D eigenvalue weighted by atomic mass is 10.1. The number of amides is 1. The lowest BCUT2D eigenvalue weighted by Gasteiger charge is -2.20. The Balaban J connectivity index is 2.25. The van der Waals surface area contributed by atoms with Crippen LogP contribution < -0.4 is 5.32 Å². The molecule has 1 N–H and O–H groups in total. The number of nitroso groups, excluding NO2 is 1. The fourth-order valence-electron chi connectivity index (χ4n) is 3.38. The third-order valence-corrected chi connectivity index (χ3v) is 6.94. The van der Waals surface area contributed by atoms with Gasteiger partial charge in [-0.05, 0) is 51.1 Å². The Morgan fingerprint density at radius 1 is 1.34 bits per heavy atom. The minimum Gasteiger partial charge on any atom is -0.342 e. The van der Waals surface area contributed by atoms with Gasteiger partial charge in [-0.1, -0.05) is 42.5 Å². The fourth-order valence-corrected chi connectivity index (χ4v) is 4.26. The molecule has 9 heteroatoms. The van der Waals surface area contributed by atoms with Gasteiger partial charge in [0.1, 0.15) is 0 Å². The number of carbonyl (C=O) groups excluding carboxylic acids is 1. The number of hydrogen-bond donors (Lipinski definition) is 1. The monoisotopic (exact) mass is 460 g/mol. The van der Waals surface area contributed by atoms with Crippen molar-refractivity contribution >= 4 is 22.0 Å². The smallest absolute Gasteiger partial charge is 0.253 e. The van der Waals surface area contributed by atoms with Gasteiger partial charge < -0.3 is 10.2 Å². The molecule has 1 amide bonds. The Labute approximate surface area is 190 Å². The Hall–Kier alpha value is -2.65. The zero-order valence-corrected chi connectivity index (χ0v) is 19.7. The van der Waals surface area contributed by atoms with Crippen LogP contribution in [0.25, 0.3) is 0 Å². The highest BCUT2D eigenvalue weighted by Gasteiger charge is 2.17. The van der Waals surface area contributed by atoms with E-state index in [1.165, 1.54) is 12.1 Å². The molecule has 2 atom stereocenters. The lowest BCUT2D eigenvalue weighted by Crippen LogP contribution is -2.31. The van der Waals surface area contributed by atoms with Crippen LogP contribution in [0.3, 0.4) is 0 Å². The number of rotatable bonds is 8. The molecular weight excluding hydrogens is 428 g/mol. The van der Waals surface area contributed by atoms with Gasteiger partial charge in [-0.15, -0.1) is 0 Å². The van der Waals surface area contributed by atoms with E-state index in [-0.39, 0.29) is 29.1 Å². The minimum absolute atomic E-state index is 0.0130. The van der Waals surface area contributed by atoms with Crippen LogP contribution in [0, 0.1) is 4.91 Å². The lowest BCUT2D eigenvalue weighted by molar-refractivity contribution is -0.117. The maximum Gasteiger partial charge on any atom is 0.253 e. The molecule has 174 valence electrons. The van der Waals surface area contributed by atoms with Crippen molar-refractivity contribution in [1.29, 1.82) is 0 Å². The van der Waals surface area contributed by atoms with E-state index in [4.69, 9.17) is 0 Å². The normalized spacial score (nSPS) is 19.3. The molecule has 1 aliphatic rings. The van der Waals surface area contributed by atoms with Crippen LogP contribution in [-0.2, 0) is 14.6 Å². The first-order valence-electron chi connectivity index (χ1n) is 10.8. The van der Waals surface area contributed by atoms with Gasteiger partial charge in [-0.2, -0.15) is 4.91 Å². The molecule has 0 unspecified atom stereocenters. The molecule has 2 rings (SSSR count). The van der Waals surface area contributed by atoms with Crippen molar-refractivity contribution in [3.05, 3.63) is 58.5 Å². The summed E-state index contributed by atoms with van der Waals surface area (Å²) in [5.41, 5.74) is 1.18. The van der Waals surface area contributed by atoms with E-state index in [9.17, 15) is 18.1 Å². The largest absolute Gasteiger partial charge is 0.342 e. The Bertz CT molecular complexity index is 968. The predicted molar refractivity (Wildman–Crippen MR) is 128 cm³/mol. The van der Waals surface area contributed by atoms with Crippen molar-refractivity contribution < 1.29 is 13.2 Å². The fraction of sp³-hybridized carbons (Fsp3) is 0.478. The van der Waals surface area contributed by atoms with Gasteiger partial charge in [-0.25, -0.2) is 8.42 Å². The molecule has 1 heterocycles. The second-order valence-electron chi connectivity index (χ2n) is 7.85. The summed E-state index contributed by atoms with van der Waals surface area (Å²) in [5.74, 6) is -0.270. The van der Waals surface area contributed by atoms with Crippen molar-refractivity contribution in [2.45, 2.75) is 43.7 Å². The predicted octanol–water partition coefficient (Wildman–Crippen LogP) is 3.07. The number of carbonyl (C=O) groups is 1. The summed E-state index contributed by atoms with van der Waals surface area (Å²) in [6, 6.07) is 5.91. The number of nitrogens with zero attached hydrogens (tertiary/aromatic N) is 3. The van der Waals surface area contributed by atoms with Crippen LogP contribution in [-0.4, -0.2) is 63.9 Å². The number of aliphatic imine (C=N–C) groups is 1. The first kappa shape index (κ1) is 25.6. The molecule has 0 saturated heterocycles. The average Bonchev–Trinajstić information content (AvgIpc) is 2.77. The van der Waals surface area contributed by atoms with Gasteiger partial charge in [0.15, 0.2) is 9.84 Å². The molecule has 0 bridgehead atoms. The van der Waals surface area contributed by atoms with Crippen molar-refractivity contribution in [2.75, 3.05) is 32.4 Å².